The molecule has 0 atom stereocenters. The third-order valence-electron chi connectivity index (χ3n) is 1.69. The summed E-state index contributed by atoms with van der Waals surface area (Å²) < 4.78 is 4.79. The van der Waals surface area contributed by atoms with Crippen molar-refractivity contribution in [1.29, 1.82) is 0 Å². The van der Waals surface area contributed by atoms with E-state index in [-0.39, 0.29) is 11.4 Å². The van der Waals surface area contributed by atoms with Crippen LogP contribution in [0, 0.1) is 0 Å². The van der Waals surface area contributed by atoms with E-state index in [0.29, 0.717) is 12.0 Å². The van der Waals surface area contributed by atoms with Crippen molar-refractivity contribution < 1.29 is 14.6 Å². The molecule has 0 spiro atoms. The highest BCUT2D eigenvalue weighted by Gasteiger charge is 2.16. The van der Waals surface area contributed by atoms with Gasteiger partial charge in [-0.15, -0.1) is 5.10 Å². The van der Waals surface area contributed by atoms with Gasteiger partial charge < -0.3 is 9.84 Å². The summed E-state index contributed by atoms with van der Waals surface area (Å²) in [6, 6.07) is 0. The van der Waals surface area contributed by atoms with E-state index in [4.69, 9.17) is 9.84 Å². The molecule has 0 fully saturated rings. The predicted octanol–water partition coefficient (Wildman–Crippen LogP) is 0.746. The number of aromatic nitrogens is 2. The van der Waals surface area contributed by atoms with Gasteiger partial charge in [0.2, 0.25) is 5.88 Å². The Bertz CT molecular complexity index is 303. The van der Waals surface area contributed by atoms with Gasteiger partial charge in [-0.2, -0.15) is 5.10 Å². The van der Waals surface area contributed by atoms with Crippen molar-refractivity contribution in [3.05, 3.63) is 17.3 Å². The number of carboxylic acids is 1. The first-order valence-corrected chi connectivity index (χ1v) is 3.82. The second-order valence-electron chi connectivity index (χ2n) is 2.41. The zero-order valence-corrected chi connectivity index (χ0v) is 7.44. The molecule has 0 aliphatic carbocycles. The van der Waals surface area contributed by atoms with Gasteiger partial charge in [0.25, 0.3) is 0 Å². The second kappa shape index (κ2) is 3.84. The van der Waals surface area contributed by atoms with Gasteiger partial charge in [0.15, 0.2) is 0 Å². The molecule has 5 heteroatoms. The number of rotatable bonds is 3. The van der Waals surface area contributed by atoms with Crippen LogP contribution in [0.4, 0.5) is 0 Å². The van der Waals surface area contributed by atoms with Crippen LogP contribution in [0.3, 0.4) is 0 Å². The Balaban J connectivity index is 3.29. The Morgan fingerprint density at radius 3 is 2.85 bits per heavy atom. The lowest BCUT2D eigenvalue weighted by atomic mass is 10.1. The maximum Gasteiger partial charge on any atom is 0.341 e. The third kappa shape index (κ3) is 1.74. The lowest BCUT2D eigenvalue weighted by Crippen LogP contribution is -2.07. The maximum atomic E-state index is 10.8. The Morgan fingerprint density at radius 2 is 2.38 bits per heavy atom. The summed E-state index contributed by atoms with van der Waals surface area (Å²) in [6.07, 6.45) is 2.03. The van der Waals surface area contributed by atoms with Crippen molar-refractivity contribution in [2.24, 2.45) is 0 Å². The molecule has 0 saturated carbocycles. The lowest BCUT2D eigenvalue weighted by molar-refractivity contribution is 0.0690. The van der Waals surface area contributed by atoms with Crippen LogP contribution in [0.25, 0.3) is 0 Å². The molecule has 0 aromatic carbocycles. The van der Waals surface area contributed by atoms with Crippen LogP contribution in [-0.2, 0) is 6.42 Å². The molecule has 1 N–H and O–H groups in total. The molecule has 0 bridgehead atoms. The van der Waals surface area contributed by atoms with Crippen LogP contribution in [0.5, 0.6) is 5.88 Å². The minimum absolute atomic E-state index is 0.0619. The number of nitrogens with zero attached hydrogens (tertiary/aromatic N) is 2. The first kappa shape index (κ1) is 9.44. The molecule has 5 nitrogen and oxygen atoms in total. The zero-order valence-electron chi connectivity index (χ0n) is 7.44. The molecule has 0 aliphatic heterocycles. The molecule has 0 radical (unpaired) electrons. The fourth-order valence-electron chi connectivity index (χ4n) is 1.04. The molecule has 1 heterocycles. The number of methoxy groups -OCH3 is 1. The van der Waals surface area contributed by atoms with Crippen LogP contribution in [0.1, 0.15) is 22.8 Å². The number of hydrogen-bond donors (Lipinski definition) is 1. The standard InChI is InChI=1S/C8H10N2O3/c1-3-5-4-9-10-7(13-2)6(5)8(11)12/h4H,3H2,1-2H3,(H,11,12). The molecular weight excluding hydrogens is 172 g/mol. The number of carboxylic acid groups (broad SMARTS) is 1. The topological polar surface area (TPSA) is 72.3 Å². The molecule has 0 saturated heterocycles. The van der Waals surface area contributed by atoms with Gasteiger partial charge in [-0.25, -0.2) is 4.79 Å². The maximum absolute atomic E-state index is 10.8. The molecule has 1 rings (SSSR count). The van der Waals surface area contributed by atoms with E-state index in [9.17, 15) is 4.79 Å². The first-order valence-electron chi connectivity index (χ1n) is 3.82. The minimum Gasteiger partial charge on any atom is -0.479 e. The fraction of sp³-hybridized carbons (Fsp3) is 0.375. The van der Waals surface area contributed by atoms with Crippen LogP contribution in [0.2, 0.25) is 0 Å². The molecular formula is C8H10N2O3. The van der Waals surface area contributed by atoms with Gasteiger partial charge in [-0.3, -0.25) is 0 Å². The second-order valence-corrected chi connectivity index (χ2v) is 2.41. The van der Waals surface area contributed by atoms with Crippen molar-refractivity contribution in [3.8, 4) is 5.88 Å². The molecule has 13 heavy (non-hydrogen) atoms. The SMILES string of the molecule is CCc1cnnc(OC)c1C(=O)O. The number of carbonyl (C=O) groups is 1. The number of hydrogen-bond acceptors (Lipinski definition) is 4. The normalized spacial score (nSPS) is 9.69. The summed E-state index contributed by atoms with van der Waals surface area (Å²) in [6.45, 7) is 1.85. The van der Waals surface area contributed by atoms with Crippen molar-refractivity contribution >= 4 is 5.97 Å². The Hall–Kier alpha value is -1.65. The lowest BCUT2D eigenvalue weighted by Gasteiger charge is -2.05. The van der Waals surface area contributed by atoms with Crippen LogP contribution < -0.4 is 4.74 Å². The molecule has 1 aromatic rings. The van der Waals surface area contributed by atoms with Crippen LogP contribution in [-0.4, -0.2) is 28.4 Å². The van der Waals surface area contributed by atoms with Gasteiger partial charge in [0, 0.05) is 0 Å². The van der Waals surface area contributed by atoms with Crippen molar-refractivity contribution in [3.63, 3.8) is 0 Å². The highest BCUT2D eigenvalue weighted by molar-refractivity contribution is 5.91. The Kier molecular flexibility index (Phi) is 2.79. The smallest absolute Gasteiger partial charge is 0.341 e. The zero-order chi connectivity index (χ0) is 9.84. The number of aromatic carboxylic acids is 1. The van der Waals surface area contributed by atoms with E-state index >= 15 is 0 Å². The van der Waals surface area contributed by atoms with E-state index in [1.807, 2.05) is 6.92 Å². The average Bonchev–Trinajstić information content (AvgIpc) is 2.16. The molecule has 0 unspecified atom stereocenters. The molecule has 0 amide bonds. The summed E-state index contributed by atoms with van der Waals surface area (Å²) in [4.78, 5) is 10.8. The quantitative estimate of drug-likeness (QED) is 0.746. The van der Waals surface area contributed by atoms with E-state index in [2.05, 4.69) is 10.2 Å². The first-order chi connectivity index (χ1) is 6.20. The Labute approximate surface area is 75.4 Å². The molecule has 0 aliphatic rings. The number of ether oxygens (including phenoxy) is 1. The van der Waals surface area contributed by atoms with Gasteiger partial charge >= 0.3 is 5.97 Å². The third-order valence-corrected chi connectivity index (χ3v) is 1.69. The van der Waals surface area contributed by atoms with E-state index in [1.54, 1.807) is 0 Å². The van der Waals surface area contributed by atoms with E-state index in [1.165, 1.54) is 13.3 Å². The van der Waals surface area contributed by atoms with Crippen molar-refractivity contribution in [2.75, 3.05) is 7.11 Å². The summed E-state index contributed by atoms with van der Waals surface area (Å²) in [5.41, 5.74) is 0.722. The largest absolute Gasteiger partial charge is 0.479 e. The van der Waals surface area contributed by atoms with Gasteiger partial charge in [0.1, 0.15) is 5.56 Å². The van der Waals surface area contributed by atoms with Gasteiger partial charge in [0.05, 0.1) is 13.3 Å². The highest BCUT2D eigenvalue weighted by Crippen LogP contribution is 2.18. The monoisotopic (exact) mass is 182 g/mol. The average molecular weight is 182 g/mol. The van der Waals surface area contributed by atoms with Crippen LogP contribution >= 0.6 is 0 Å². The molecule has 1 aromatic heterocycles. The van der Waals surface area contributed by atoms with Gasteiger partial charge in [-0.05, 0) is 12.0 Å². The fourth-order valence-corrected chi connectivity index (χ4v) is 1.04. The summed E-state index contributed by atoms with van der Waals surface area (Å²) in [7, 11) is 1.37. The summed E-state index contributed by atoms with van der Waals surface area (Å²) in [5.74, 6) is -0.976. The van der Waals surface area contributed by atoms with Crippen molar-refractivity contribution in [1.82, 2.24) is 10.2 Å². The highest BCUT2D eigenvalue weighted by atomic mass is 16.5. The summed E-state index contributed by atoms with van der Waals surface area (Å²) in [5, 5.41) is 16.1. The molecule has 70 valence electrons. The predicted molar refractivity (Wildman–Crippen MR) is 44.9 cm³/mol. The minimum atomic E-state index is -1.04. The number of aryl methyl sites for hydroxylation is 1. The van der Waals surface area contributed by atoms with Crippen molar-refractivity contribution in [2.45, 2.75) is 13.3 Å². The van der Waals surface area contributed by atoms with E-state index in [0.717, 1.165) is 0 Å². The Morgan fingerprint density at radius 1 is 1.69 bits per heavy atom. The summed E-state index contributed by atoms with van der Waals surface area (Å²) >= 11 is 0. The van der Waals surface area contributed by atoms with Gasteiger partial charge in [-0.1, -0.05) is 6.92 Å². The van der Waals surface area contributed by atoms with Crippen LogP contribution in [0.15, 0.2) is 6.20 Å². The van der Waals surface area contributed by atoms with E-state index < -0.39 is 5.97 Å².